The number of carbonyl (C=O) groups excluding carboxylic acids is 1. The number of carbonyl (C=O) groups is 2. The van der Waals surface area contributed by atoms with Crippen LogP contribution in [0.4, 0.5) is 0 Å². The third-order valence-corrected chi connectivity index (χ3v) is 4.94. The van der Waals surface area contributed by atoms with Crippen molar-refractivity contribution in [1.82, 2.24) is 5.32 Å². The molecule has 4 heteroatoms. The van der Waals surface area contributed by atoms with E-state index in [-0.39, 0.29) is 5.91 Å². The van der Waals surface area contributed by atoms with Gasteiger partial charge in [-0.25, -0.2) is 0 Å². The third-order valence-electron chi connectivity index (χ3n) is 4.94. The molecule has 0 spiro atoms. The molecule has 120 valence electrons. The molecule has 0 aromatic heterocycles. The minimum atomic E-state index is -0.828. The Morgan fingerprint density at radius 2 is 1.87 bits per heavy atom. The van der Waals surface area contributed by atoms with E-state index in [1.807, 2.05) is 43.3 Å². The molecule has 1 aliphatic rings. The molecule has 1 aliphatic carbocycles. The number of aliphatic carboxylic acids is 1. The predicted molar refractivity (Wildman–Crippen MR) is 89.4 cm³/mol. The van der Waals surface area contributed by atoms with Gasteiger partial charge in [-0.1, -0.05) is 49.2 Å². The third kappa shape index (κ3) is 2.93. The molecule has 2 unspecified atom stereocenters. The number of nitrogens with one attached hydrogen (secondary N) is 1. The van der Waals surface area contributed by atoms with Crippen LogP contribution in [-0.2, 0) is 4.79 Å². The number of benzene rings is 2. The molecule has 4 nitrogen and oxygen atoms in total. The zero-order chi connectivity index (χ0) is 16.4. The summed E-state index contributed by atoms with van der Waals surface area (Å²) < 4.78 is 0. The van der Waals surface area contributed by atoms with Gasteiger partial charge >= 0.3 is 5.97 Å². The van der Waals surface area contributed by atoms with Gasteiger partial charge in [-0.2, -0.15) is 0 Å². The molecule has 0 aliphatic heterocycles. The zero-order valence-electron chi connectivity index (χ0n) is 13.2. The molecule has 1 fully saturated rings. The van der Waals surface area contributed by atoms with Crippen molar-refractivity contribution in [2.45, 2.75) is 38.1 Å². The summed E-state index contributed by atoms with van der Waals surface area (Å²) in [6.07, 6.45) is 3.15. The van der Waals surface area contributed by atoms with Crippen molar-refractivity contribution in [3.05, 3.63) is 48.0 Å². The summed E-state index contributed by atoms with van der Waals surface area (Å²) in [6.45, 7) is 1.86. The van der Waals surface area contributed by atoms with Crippen LogP contribution in [0.2, 0.25) is 0 Å². The molecule has 0 heterocycles. The van der Waals surface area contributed by atoms with Gasteiger partial charge in [0.05, 0.1) is 11.5 Å². The van der Waals surface area contributed by atoms with Gasteiger partial charge < -0.3 is 10.4 Å². The van der Waals surface area contributed by atoms with Crippen molar-refractivity contribution < 1.29 is 14.7 Å². The van der Waals surface area contributed by atoms with Crippen LogP contribution in [0.15, 0.2) is 42.5 Å². The Hall–Kier alpha value is -2.36. The highest BCUT2D eigenvalue weighted by atomic mass is 16.4. The van der Waals surface area contributed by atoms with Gasteiger partial charge in [-0.05, 0) is 36.6 Å². The van der Waals surface area contributed by atoms with Crippen molar-refractivity contribution >= 4 is 22.6 Å². The van der Waals surface area contributed by atoms with Crippen molar-refractivity contribution in [1.29, 1.82) is 0 Å². The highest BCUT2D eigenvalue weighted by Crippen LogP contribution is 2.34. The average Bonchev–Trinajstić information content (AvgIpc) is 2.54. The lowest BCUT2D eigenvalue weighted by atomic mass is 9.73. The number of carboxylic acids is 1. The summed E-state index contributed by atoms with van der Waals surface area (Å²) in [6, 6.07) is 13.3. The molecule has 23 heavy (non-hydrogen) atoms. The van der Waals surface area contributed by atoms with Crippen LogP contribution in [0.1, 0.15) is 43.0 Å². The molecular weight excluding hydrogens is 290 g/mol. The van der Waals surface area contributed by atoms with E-state index in [9.17, 15) is 14.7 Å². The van der Waals surface area contributed by atoms with E-state index in [2.05, 4.69) is 5.32 Å². The highest BCUT2D eigenvalue weighted by molar-refractivity contribution is 6.07. The Bertz CT molecular complexity index is 750. The van der Waals surface area contributed by atoms with E-state index >= 15 is 0 Å². The second kappa shape index (κ2) is 6.03. The van der Waals surface area contributed by atoms with E-state index in [4.69, 9.17) is 0 Å². The Morgan fingerprint density at radius 3 is 2.65 bits per heavy atom. The quantitative estimate of drug-likeness (QED) is 0.910. The minimum Gasteiger partial charge on any atom is -0.481 e. The largest absolute Gasteiger partial charge is 0.481 e. The summed E-state index contributed by atoms with van der Waals surface area (Å²) >= 11 is 0. The Labute approximate surface area is 135 Å². The Kier molecular flexibility index (Phi) is 4.07. The molecule has 2 aromatic carbocycles. The van der Waals surface area contributed by atoms with Gasteiger partial charge in [0.1, 0.15) is 0 Å². The molecular formula is C19H21NO3. The van der Waals surface area contributed by atoms with Crippen molar-refractivity contribution in [3.8, 4) is 0 Å². The fraction of sp³-hybridized carbons (Fsp3) is 0.368. The topological polar surface area (TPSA) is 66.4 Å². The second-order valence-corrected chi connectivity index (χ2v) is 6.53. The Morgan fingerprint density at radius 1 is 1.13 bits per heavy atom. The van der Waals surface area contributed by atoms with Crippen LogP contribution >= 0.6 is 0 Å². The van der Waals surface area contributed by atoms with E-state index in [1.54, 1.807) is 6.07 Å². The normalized spacial score (nSPS) is 24.3. The summed E-state index contributed by atoms with van der Waals surface area (Å²) in [5.74, 6) is -1.56. The number of hydrogen-bond donors (Lipinski definition) is 2. The van der Waals surface area contributed by atoms with Crippen molar-refractivity contribution in [3.63, 3.8) is 0 Å². The molecule has 0 bridgehead atoms. The van der Waals surface area contributed by atoms with Gasteiger partial charge in [0.25, 0.3) is 5.91 Å². The summed E-state index contributed by atoms with van der Waals surface area (Å²) in [4.78, 5) is 24.3. The van der Waals surface area contributed by atoms with Crippen LogP contribution in [0, 0.1) is 5.92 Å². The fourth-order valence-corrected chi connectivity index (χ4v) is 3.63. The van der Waals surface area contributed by atoms with Crippen LogP contribution in [0.5, 0.6) is 0 Å². The first-order valence-electron chi connectivity index (χ1n) is 8.04. The lowest BCUT2D eigenvalue weighted by molar-refractivity contribution is -0.145. The predicted octanol–water partition coefficient (Wildman–Crippen LogP) is 3.60. The lowest BCUT2D eigenvalue weighted by Gasteiger charge is -2.39. The van der Waals surface area contributed by atoms with Gasteiger partial charge in [-0.15, -0.1) is 0 Å². The van der Waals surface area contributed by atoms with Crippen molar-refractivity contribution in [2.75, 3.05) is 0 Å². The minimum absolute atomic E-state index is 0.197. The first-order valence-corrected chi connectivity index (χ1v) is 8.04. The standard InChI is InChI=1S/C19H21NO3/c1-19(12-5-4-11-16(19)18(22)23)20-17(21)15-10-6-8-13-7-2-3-9-14(13)15/h2-3,6-10,16H,4-5,11-12H2,1H3,(H,20,21)(H,22,23). The second-order valence-electron chi connectivity index (χ2n) is 6.53. The molecule has 0 radical (unpaired) electrons. The van der Waals surface area contributed by atoms with E-state index in [0.29, 0.717) is 18.4 Å². The number of hydrogen-bond acceptors (Lipinski definition) is 2. The molecule has 1 amide bonds. The average molecular weight is 311 g/mol. The highest BCUT2D eigenvalue weighted by Gasteiger charge is 2.42. The molecule has 3 rings (SSSR count). The van der Waals surface area contributed by atoms with Gasteiger partial charge in [0.15, 0.2) is 0 Å². The van der Waals surface area contributed by atoms with E-state index < -0.39 is 17.4 Å². The molecule has 1 saturated carbocycles. The van der Waals surface area contributed by atoms with E-state index in [0.717, 1.165) is 23.6 Å². The van der Waals surface area contributed by atoms with E-state index in [1.165, 1.54) is 0 Å². The maximum Gasteiger partial charge on any atom is 0.308 e. The van der Waals surface area contributed by atoms with Crippen LogP contribution in [0.25, 0.3) is 10.8 Å². The van der Waals surface area contributed by atoms with Gasteiger partial charge in [0.2, 0.25) is 0 Å². The van der Waals surface area contributed by atoms with Gasteiger partial charge in [-0.3, -0.25) is 9.59 Å². The number of amides is 1. The maximum absolute atomic E-state index is 12.8. The summed E-state index contributed by atoms with van der Waals surface area (Å²) in [5, 5.41) is 14.4. The summed E-state index contributed by atoms with van der Waals surface area (Å²) in [5.41, 5.74) is -0.1000. The zero-order valence-corrected chi connectivity index (χ0v) is 13.2. The number of fused-ring (bicyclic) bond motifs is 1. The first kappa shape index (κ1) is 15.5. The molecule has 0 saturated heterocycles. The molecule has 2 atom stereocenters. The van der Waals surface area contributed by atoms with Crippen LogP contribution < -0.4 is 5.32 Å². The monoisotopic (exact) mass is 311 g/mol. The molecule has 2 aromatic rings. The summed E-state index contributed by atoms with van der Waals surface area (Å²) in [7, 11) is 0. The lowest BCUT2D eigenvalue weighted by Crippen LogP contribution is -2.55. The van der Waals surface area contributed by atoms with Crippen molar-refractivity contribution in [2.24, 2.45) is 5.92 Å². The van der Waals surface area contributed by atoms with Crippen LogP contribution in [-0.4, -0.2) is 22.5 Å². The first-order chi connectivity index (χ1) is 11.0. The number of carboxylic acid groups (broad SMARTS) is 1. The number of rotatable bonds is 3. The maximum atomic E-state index is 12.8. The van der Waals surface area contributed by atoms with Crippen LogP contribution in [0.3, 0.4) is 0 Å². The van der Waals surface area contributed by atoms with Gasteiger partial charge in [0, 0.05) is 5.56 Å². The smallest absolute Gasteiger partial charge is 0.308 e. The fourth-order valence-electron chi connectivity index (χ4n) is 3.63. The molecule has 2 N–H and O–H groups in total. The Balaban J connectivity index is 1.92. The SMILES string of the molecule is CC1(NC(=O)c2cccc3ccccc23)CCCCC1C(=O)O.